The van der Waals surface area contributed by atoms with Crippen molar-refractivity contribution >= 4 is 33.9 Å². The summed E-state index contributed by atoms with van der Waals surface area (Å²) in [4.78, 5) is 7.44. The lowest BCUT2D eigenvalue weighted by atomic mass is 10.1. The Balaban J connectivity index is 2.56. The van der Waals surface area contributed by atoms with E-state index in [2.05, 4.69) is 25.7 Å². The maximum absolute atomic E-state index is 5.88. The van der Waals surface area contributed by atoms with E-state index in [0.29, 0.717) is 10.9 Å². The highest BCUT2D eigenvalue weighted by Crippen LogP contribution is 2.23. The van der Waals surface area contributed by atoms with E-state index >= 15 is 0 Å². The fourth-order valence-electron chi connectivity index (χ4n) is 2.35. The second-order valence-electron chi connectivity index (χ2n) is 5.34. The molecule has 0 saturated heterocycles. The highest BCUT2D eigenvalue weighted by atomic mass is 32.1. The number of hydrogen-bond donors (Lipinski definition) is 1. The molecule has 4 heteroatoms. The van der Waals surface area contributed by atoms with Gasteiger partial charge in [-0.25, -0.2) is 4.98 Å². The Morgan fingerprint density at radius 2 is 2.05 bits per heavy atom. The molecule has 106 valence electrons. The summed E-state index contributed by atoms with van der Waals surface area (Å²) in [5.41, 5.74) is 7.72. The number of pyridine rings is 1. The van der Waals surface area contributed by atoms with Crippen LogP contribution in [0.5, 0.6) is 0 Å². The molecule has 0 aliphatic carbocycles. The third-order valence-electron chi connectivity index (χ3n) is 3.26. The van der Waals surface area contributed by atoms with Gasteiger partial charge in [0.05, 0.1) is 5.52 Å². The number of rotatable bonds is 5. The summed E-state index contributed by atoms with van der Waals surface area (Å²) in [6.45, 7) is 8.44. The van der Waals surface area contributed by atoms with Crippen molar-refractivity contribution in [1.82, 2.24) is 4.98 Å². The summed E-state index contributed by atoms with van der Waals surface area (Å²) < 4.78 is 0. The Kier molecular flexibility index (Phi) is 4.55. The van der Waals surface area contributed by atoms with Crippen molar-refractivity contribution in [3.63, 3.8) is 0 Å². The summed E-state index contributed by atoms with van der Waals surface area (Å²) >= 11 is 5.19. The van der Waals surface area contributed by atoms with Crippen molar-refractivity contribution in [2.24, 2.45) is 11.7 Å². The Hall–Kier alpha value is -1.68. The van der Waals surface area contributed by atoms with Gasteiger partial charge in [-0.2, -0.15) is 0 Å². The summed E-state index contributed by atoms with van der Waals surface area (Å²) in [7, 11) is 0. The van der Waals surface area contributed by atoms with Crippen molar-refractivity contribution in [2.45, 2.75) is 20.8 Å². The van der Waals surface area contributed by atoms with Crippen LogP contribution in [0.25, 0.3) is 10.9 Å². The van der Waals surface area contributed by atoms with Crippen LogP contribution >= 0.6 is 12.2 Å². The number of fused-ring (bicyclic) bond motifs is 1. The van der Waals surface area contributed by atoms with Gasteiger partial charge in [0.25, 0.3) is 0 Å². The van der Waals surface area contributed by atoms with Crippen LogP contribution in [0, 0.1) is 5.92 Å². The van der Waals surface area contributed by atoms with Gasteiger partial charge in [-0.05, 0) is 25.0 Å². The minimum Gasteiger partial charge on any atom is -0.389 e. The fraction of sp³-hybridized carbons (Fsp3) is 0.375. The van der Waals surface area contributed by atoms with E-state index in [1.54, 1.807) is 0 Å². The van der Waals surface area contributed by atoms with Crippen LogP contribution in [0.4, 0.5) is 5.82 Å². The number of anilines is 1. The van der Waals surface area contributed by atoms with Crippen molar-refractivity contribution in [1.29, 1.82) is 0 Å². The average molecular weight is 287 g/mol. The first kappa shape index (κ1) is 14.7. The molecule has 3 nitrogen and oxygen atoms in total. The van der Waals surface area contributed by atoms with Gasteiger partial charge in [-0.3, -0.25) is 0 Å². The maximum Gasteiger partial charge on any atom is 0.129 e. The molecule has 20 heavy (non-hydrogen) atoms. The van der Waals surface area contributed by atoms with E-state index in [4.69, 9.17) is 22.9 Å². The average Bonchev–Trinajstić information content (AvgIpc) is 2.43. The van der Waals surface area contributed by atoms with Crippen LogP contribution in [0.3, 0.4) is 0 Å². The van der Waals surface area contributed by atoms with E-state index in [1.807, 2.05) is 30.3 Å². The number of para-hydroxylation sites is 1. The number of hydrogen-bond acceptors (Lipinski definition) is 3. The summed E-state index contributed by atoms with van der Waals surface area (Å²) in [5, 5.41) is 1.02. The first-order chi connectivity index (χ1) is 9.52. The number of nitrogens with zero attached hydrogens (tertiary/aromatic N) is 2. The van der Waals surface area contributed by atoms with Crippen LogP contribution in [-0.2, 0) is 0 Å². The van der Waals surface area contributed by atoms with Crippen LogP contribution in [-0.4, -0.2) is 23.1 Å². The molecule has 0 radical (unpaired) electrons. The second-order valence-corrected chi connectivity index (χ2v) is 5.78. The molecule has 0 spiro atoms. The maximum atomic E-state index is 5.88. The van der Waals surface area contributed by atoms with E-state index in [1.165, 1.54) is 0 Å². The third-order valence-corrected chi connectivity index (χ3v) is 3.48. The fourth-order valence-corrected chi connectivity index (χ4v) is 2.52. The first-order valence-corrected chi connectivity index (χ1v) is 7.38. The van der Waals surface area contributed by atoms with E-state index in [-0.39, 0.29) is 0 Å². The number of thiocarbonyl (C=S) groups is 1. The smallest absolute Gasteiger partial charge is 0.129 e. The van der Waals surface area contributed by atoms with E-state index < -0.39 is 0 Å². The van der Waals surface area contributed by atoms with Gasteiger partial charge in [-0.1, -0.05) is 44.3 Å². The van der Waals surface area contributed by atoms with Gasteiger partial charge in [-0.15, -0.1) is 0 Å². The predicted molar refractivity (Wildman–Crippen MR) is 90.4 cm³/mol. The molecule has 1 heterocycles. The molecule has 0 aliphatic rings. The molecule has 0 atom stereocenters. The van der Waals surface area contributed by atoms with Gasteiger partial charge >= 0.3 is 0 Å². The molecular formula is C16H21N3S. The highest BCUT2D eigenvalue weighted by Gasteiger charge is 2.13. The molecule has 0 saturated carbocycles. The van der Waals surface area contributed by atoms with Gasteiger partial charge in [0.1, 0.15) is 10.8 Å². The quantitative estimate of drug-likeness (QED) is 0.856. The standard InChI is InChI=1S/C16H21N3S/c1-4-19(10-11(2)3)15-9-13(16(17)20)12-7-5-6-8-14(12)18-15/h5-9,11H,4,10H2,1-3H3,(H2,17,20). The minimum absolute atomic E-state index is 0.422. The van der Waals surface area contributed by atoms with Crippen molar-refractivity contribution in [2.75, 3.05) is 18.0 Å². The normalized spacial score (nSPS) is 11.0. The molecule has 2 aromatic rings. The molecule has 0 bridgehead atoms. The van der Waals surface area contributed by atoms with Crippen LogP contribution < -0.4 is 10.6 Å². The molecule has 2 rings (SSSR count). The lowest BCUT2D eigenvalue weighted by Gasteiger charge is -2.25. The van der Waals surface area contributed by atoms with Crippen molar-refractivity contribution in [3.8, 4) is 0 Å². The Labute approximate surface area is 125 Å². The first-order valence-electron chi connectivity index (χ1n) is 6.97. The molecule has 1 aromatic carbocycles. The Morgan fingerprint density at radius 1 is 1.35 bits per heavy atom. The second kappa shape index (κ2) is 6.18. The molecule has 0 unspecified atom stereocenters. The lowest BCUT2D eigenvalue weighted by Crippen LogP contribution is -2.28. The number of nitrogens with two attached hydrogens (primary N) is 1. The van der Waals surface area contributed by atoms with Gasteiger partial charge < -0.3 is 10.6 Å². The summed E-state index contributed by atoms with van der Waals surface area (Å²) in [6.07, 6.45) is 0. The number of benzene rings is 1. The van der Waals surface area contributed by atoms with Gasteiger partial charge in [0.15, 0.2) is 0 Å². The zero-order chi connectivity index (χ0) is 14.7. The van der Waals surface area contributed by atoms with Gasteiger partial charge in [0.2, 0.25) is 0 Å². The van der Waals surface area contributed by atoms with Crippen molar-refractivity contribution in [3.05, 3.63) is 35.9 Å². The SMILES string of the molecule is CCN(CC(C)C)c1cc(C(N)=S)c2ccccc2n1. The Bertz CT molecular complexity index is 622. The highest BCUT2D eigenvalue weighted by molar-refractivity contribution is 7.80. The zero-order valence-electron chi connectivity index (χ0n) is 12.3. The Morgan fingerprint density at radius 3 is 2.65 bits per heavy atom. The molecule has 0 amide bonds. The van der Waals surface area contributed by atoms with Crippen molar-refractivity contribution < 1.29 is 0 Å². The van der Waals surface area contributed by atoms with Crippen LogP contribution in [0.1, 0.15) is 26.3 Å². The molecular weight excluding hydrogens is 266 g/mol. The van der Waals surface area contributed by atoms with E-state index in [9.17, 15) is 0 Å². The summed E-state index contributed by atoms with van der Waals surface area (Å²) in [5.74, 6) is 1.53. The van der Waals surface area contributed by atoms with E-state index in [0.717, 1.165) is 35.4 Å². The molecule has 0 fully saturated rings. The minimum atomic E-state index is 0.422. The topological polar surface area (TPSA) is 42.1 Å². The zero-order valence-corrected chi connectivity index (χ0v) is 13.1. The summed E-state index contributed by atoms with van der Waals surface area (Å²) in [6, 6.07) is 10.00. The number of aromatic nitrogens is 1. The van der Waals surface area contributed by atoms with Gasteiger partial charge in [0, 0.05) is 24.0 Å². The third kappa shape index (κ3) is 3.07. The lowest BCUT2D eigenvalue weighted by molar-refractivity contribution is 0.615. The molecule has 0 aliphatic heterocycles. The molecule has 2 N–H and O–H groups in total. The van der Waals surface area contributed by atoms with Crippen LogP contribution in [0.2, 0.25) is 0 Å². The largest absolute Gasteiger partial charge is 0.389 e. The van der Waals surface area contributed by atoms with Crippen LogP contribution in [0.15, 0.2) is 30.3 Å². The predicted octanol–water partition coefficient (Wildman–Crippen LogP) is 3.35. The monoisotopic (exact) mass is 287 g/mol. The molecule has 1 aromatic heterocycles.